The molecule has 1 aliphatic heterocycles. The summed E-state index contributed by atoms with van der Waals surface area (Å²) in [5, 5.41) is 10.6. The van der Waals surface area contributed by atoms with Gasteiger partial charge in [0.2, 0.25) is 0 Å². The molecular weight excluding hydrogens is 270 g/mol. The molecule has 108 valence electrons. The molecule has 0 aromatic carbocycles. The number of ether oxygens (including phenoxy) is 2. The number of carbonyl (C=O) groups is 2. The van der Waals surface area contributed by atoms with Crippen molar-refractivity contribution >= 4 is 17.7 Å². The van der Waals surface area contributed by atoms with Crippen LogP contribution in [0.4, 0.5) is 5.82 Å². The van der Waals surface area contributed by atoms with Crippen LogP contribution in [0.1, 0.15) is 10.5 Å². The van der Waals surface area contributed by atoms with Crippen molar-refractivity contribution in [1.29, 1.82) is 0 Å². The van der Waals surface area contributed by atoms with E-state index in [9.17, 15) is 19.7 Å². The summed E-state index contributed by atoms with van der Waals surface area (Å²) in [6.45, 7) is 0.561. The second-order valence-electron chi connectivity index (χ2n) is 4.15. The summed E-state index contributed by atoms with van der Waals surface area (Å²) in [5.74, 6) is -1.23. The number of nitrogens with zero attached hydrogens (tertiary/aromatic N) is 2. The highest BCUT2D eigenvalue weighted by molar-refractivity contribution is 5.93. The third-order valence-electron chi connectivity index (χ3n) is 2.92. The molecule has 1 atom stereocenters. The molecule has 0 spiro atoms. The molecule has 2 heterocycles. The molecule has 0 aliphatic carbocycles. The predicted octanol–water partition coefficient (Wildman–Crippen LogP) is -0.0631. The van der Waals surface area contributed by atoms with Crippen LogP contribution in [-0.4, -0.2) is 59.6 Å². The van der Waals surface area contributed by atoms with Gasteiger partial charge in [0.1, 0.15) is 0 Å². The number of methoxy groups -OCH3 is 1. The summed E-state index contributed by atoms with van der Waals surface area (Å²) in [7, 11) is 1.24. The summed E-state index contributed by atoms with van der Waals surface area (Å²) >= 11 is 0. The first-order valence-electron chi connectivity index (χ1n) is 5.85. The topological polar surface area (TPSA) is 115 Å². The zero-order valence-electron chi connectivity index (χ0n) is 10.7. The molecule has 0 radical (unpaired) electrons. The van der Waals surface area contributed by atoms with Crippen LogP contribution in [0.3, 0.4) is 0 Å². The van der Waals surface area contributed by atoms with E-state index in [1.807, 2.05) is 0 Å². The molecule has 9 nitrogen and oxygen atoms in total. The van der Waals surface area contributed by atoms with Gasteiger partial charge in [-0.1, -0.05) is 0 Å². The molecule has 0 saturated carbocycles. The van der Waals surface area contributed by atoms with Gasteiger partial charge in [-0.05, 0) is 11.0 Å². The Hall–Kier alpha value is -2.42. The summed E-state index contributed by atoms with van der Waals surface area (Å²) < 4.78 is 9.76. The normalized spacial score (nSPS) is 18.6. The van der Waals surface area contributed by atoms with E-state index in [1.54, 1.807) is 0 Å². The molecule has 0 bridgehead atoms. The Bertz CT molecular complexity index is 540. The lowest BCUT2D eigenvalue weighted by Crippen LogP contribution is -2.49. The predicted molar refractivity (Wildman–Crippen MR) is 65.1 cm³/mol. The Morgan fingerprint density at radius 3 is 2.90 bits per heavy atom. The number of morpholine rings is 1. The van der Waals surface area contributed by atoms with Gasteiger partial charge in [0.05, 0.1) is 20.3 Å². The molecule has 9 heteroatoms. The number of amides is 1. The maximum Gasteiger partial charge on any atom is 0.336 e. The van der Waals surface area contributed by atoms with Gasteiger partial charge in [0.25, 0.3) is 5.91 Å². The van der Waals surface area contributed by atoms with Gasteiger partial charge in [-0.3, -0.25) is 4.79 Å². The average molecular weight is 283 g/mol. The molecule has 1 unspecified atom stereocenters. The Balaban J connectivity index is 2.08. The van der Waals surface area contributed by atoms with Crippen molar-refractivity contribution in [2.24, 2.45) is 0 Å². The van der Waals surface area contributed by atoms with E-state index in [-0.39, 0.29) is 24.7 Å². The van der Waals surface area contributed by atoms with E-state index in [4.69, 9.17) is 4.74 Å². The van der Waals surface area contributed by atoms with Gasteiger partial charge in [-0.2, -0.15) is 0 Å². The molecule has 2 rings (SSSR count). The van der Waals surface area contributed by atoms with Crippen molar-refractivity contribution in [2.45, 2.75) is 6.10 Å². The number of hydrogen-bond acceptors (Lipinski definition) is 6. The van der Waals surface area contributed by atoms with Crippen molar-refractivity contribution < 1.29 is 24.0 Å². The fourth-order valence-electron chi connectivity index (χ4n) is 1.89. The Labute approximate surface area is 113 Å². The molecule has 1 aromatic rings. The van der Waals surface area contributed by atoms with E-state index >= 15 is 0 Å². The van der Waals surface area contributed by atoms with Gasteiger partial charge in [-0.15, -0.1) is 0 Å². The lowest BCUT2D eigenvalue weighted by molar-refractivity contribution is -0.389. The first kappa shape index (κ1) is 14.0. The Morgan fingerprint density at radius 1 is 1.55 bits per heavy atom. The standard InChI is InChI=1S/C11H13N3O6/c1-19-11(16)8-6-13(4-5-20-8)10(15)7-2-3-9(12-7)14(17)18/h2-3,8,12H,4-6H2,1H3. The number of aromatic amines is 1. The van der Waals surface area contributed by atoms with Crippen LogP contribution in [0.25, 0.3) is 0 Å². The first-order chi connectivity index (χ1) is 9.52. The third-order valence-corrected chi connectivity index (χ3v) is 2.92. The summed E-state index contributed by atoms with van der Waals surface area (Å²) in [5.41, 5.74) is 0.0993. The molecule has 1 amide bonds. The SMILES string of the molecule is COC(=O)C1CN(C(=O)c2ccc([N+](=O)[O-])[nH]2)CCO1. The van der Waals surface area contributed by atoms with Crippen LogP contribution in [0.15, 0.2) is 12.1 Å². The first-order valence-corrected chi connectivity index (χ1v) is 5.85. The van der Waals surface area contributed by atoms with E-state index < -0.39 is 22.9 Å². The summed E-state index contributed by atoms with van der Waals surface area (Å²) in [6.07, 6.45) is -0.831. The van der Waals surface area contributed by atoms with Gasteiger partial charge < -0.3 is 24.5 Å². The largest absolute Gasteiger partial charge is 0.467 e. The van der Waals surface area contributed by atoms with Crippen LogP contribution in [0.2, 0.25) is 0 Å². The van der Waals surface area contributed by atoms with Crippen molar-refractivity contribution in [3.05, 3.63) is 27.9 Å². The lowest BCUT2D eigenvalue weighted by Gasteiger charge is -2.30. The number of rotatable bonds is 3. The number of nitrogens with one attached hydrogen (secondary N) is 1. The summed E-state index contributed by atoms with van der Waals surface area (Å²) in [4.78, 5) is 37.3. The molecule has 1 N–H and O–H groups in total. The Morgan fingerprint density at radius 2 is 2.30 bits per heavy atom. The lowest BCUT2D eigenvalue weighted by atomic mass is 10.2. The van der Waals surface area contributed by atoms with Crippen molar-refractivity contribution in [2.75, 3.05) is 26.8 Å². The van der Waals surface area contributed by atoms with Crippen molar-refractivity contribution in [3.8, 4) is 0 Å². The van der Waals surface area contributed by atoms with Gasteiger partial charge >= 0.3 is 11.8 Å². The Kier molecular flexibility index (Phi) is 3.99. The maximum absolute atomic E-state index is 12.2. The van der Waals surface area contributed by atoms with E-state index in [0.717, 1.165) is 0 Å². The molecule has 1 saturated heterocycles. The molecule has 20 heavy (non-hydrogen) atoms. The number of hydrogen-bond donors (Lipinski definition) is 1. The van der Waals surface area contributed by atoms with Crippen LogP contribution in [0.5, 0.6) is 0 Å². The van der Waals surface area contributed by atoms with E-state index in [1.165, 1.54) is 24.1 Å². The van der Waals surface area contributed by atoms with Gasteiger partial charge in [0.15, 0.2) is 11.8 Å². The van der Waals surface area contributed by atoms with Gasteiger partial charge in [-0.25, -0.2) is 9.78 Å². The monoisotopic (exact) mass is 283 g/mol. The quantitative estimate of drug-likeness (QED) is 0.472. The average Bonchev–Trinajstić information content (AvgIpc) is 2.95. The fourth-order valence-corrected chi connectivity index (χ4v) is 1.89. The van der Waals surface area contributed by atoms with Gasteiger partial charge in [0, 0.05) is 12.6 Å². The van der Waals surface area contributed by atoms with Crippen LogP contribution in [0, 0.1) is 10.1 Å². The zero-order chi connectivity index (χ0) is 14.7. The minimum Gasteiger partial charge on any atom is -0.467 e. The minimum absolute atomic E-state index is 0.0539. The van der Waals surface area contributed by atoms with Crippen LogP contribution in [-0.2, 0) is 14.3 Å². The number of carbonyl (C=O) groups excluding carboxylic acids is 2. The second-order valence-corrected chi connectivity index (χ2v) is 4.15. The molecule has 1 fully saturated rings. The highest BCUT2D eigenvalue weighted by Gasteiger charge is 2.32. The molecule has 1 aromatic heterocycles. The van der Waals surface area contributed by atoms with Crippen molar-refractivity contribution in [3.63, 3.8) is 0 Å². The number of aromatic nitrogens is 1. The summed E-state index contributed by atoms with van der Waals surface area (Å²) in [6, 6.07) is 2.55. The van der Waals surface area contributed by atoms with E-state index in [2.05, 4.69) is 9.72 Å². The van der Waals surface area contributed by atoms with E-state index in [0.29, 0.717) is 6.54 Å². The molecule has 1 aliphatic rings. The highest BCUT2D eigenvalue weighted by atomic mass is 16.6. The second kappa shape index (κ2) is 5.70. The van der Waals surface area contributed by atoms with Crippen molar-refractivity contribution in [1.82, 2.24) is 9.88 Å². The van der Waals surface area contributed by atoms with Crippen LogP contribution >= 0.6 is 0 Å². The zero-order valence-corrected chi connectivity index (χ0v) is 10.7. The minimum atomic E-state index is -0.831. The number of H-pyrrole nitrogens is 1. The fraction of sp³-hybridized carbons (Fsp3) is 0.455. The number of nitro groups is 1. The highest BCUT2D eigenvalue weighted by Crippen LogP contribution is 2.14. The smallest absolute Gasteiger partial charge is 0.336 e. The third kappa shape index (κ3) is 2.77. The number of esters is 1. The molecular formula is C11H13N3O6. The van der Waals surface area contributed by atoms with Crippen LogP contribution < -0.4 is 0 Å². The maximum atomic E-state index is 12.2.